The van der Waals surface area contributed by atoms with Gasteiger partial charge in [0.1, 0.15) is 29.2 Å². The highest BCUT2D eigenvalue weighted by atomic mass is 32.2. The van der Waals surface area contributed by atoms with E-state index in [0.29, 0.717) is 11.1 Å². The molecule has 0 aromatic heterocycles. The van der Waals surface area contributed by atoms with Crippen LogP contribution in [0.15, 0.2) is 23.2 Å². The number of nitrogens with zero attached hydrogens (tertiary/aromatic N) is 2. The summed E-state index contributed by atoms with van der Waals surface area (Å²) in [5, 5.41) is 21.9. The van der Waals surface area contributed by atoms with E-state index < -0.39 is 46.0 Å². The highest BCUT2D eigenvalue weighted by Gasteiger charge is 2.64. The lowest BCUT2D eigenvalue weighted by Crippen LogP contribution is -2.71. The number of benzene rings is 1. The number of phenols is 1. The lowest BCUT2D eigenvalue weighted by atomic mass is 9.95. The zero-order valence-electron chi connectivity index (χ0n) is 16.6. The quantitative estimate of drug-likeness (QED) is 0.506. The molecule has 3 aliphatic heterocycles. The molecule has 2 amide bonds. The zero-order valence-corrected chi connectivity index (χ0v) is 17.4. The van der Waals surface area contributed by atoms with Crippen LogP contribution in [0.25, 0.3) is 0 Å². The van der Waals surface area contributed by atoms with Crippen LogP contribution in [-0.4, -0.2) is 61.3 Å². The van der Waals surface area contributed by atoms with Gasteiger partial charge in [-0.1, -0.05) is 6.07 Å². The fourth-order valence-electron chi connectivity index (χ4n) is 4.32. The molecule has 30 heavy (non-hydrogen) atoms. The zero-order chi connectivity index (χ0) is 21.8. The third kappa shape index (κ3) is 3.24. The molecule has 3 heterocycles. The molecule has 3 aliphatic rings. The van der Waals surface area contributed by atoms with Gasteiger partial charge in [-0.2, -0.15) is 0 Å². The largest absolute Gasteiger partial charge is 0.508 e. The van der Waals surface area contributed by atoms with E-state index in [-0.39, 0.29) is 11.8 Å². The Morgan fingerprint density at radius 3 is 2.77 bits per heavy atom. The molecule has 2 unspecified atom stereocenters. The molecule has 5 N–H and O–H groups in total. The Kier molecular flexibility index (Phi) is 5.01. The predicted octanol–water partition coefficient (Wildman–Crippen LogP) is 0.929. The number of thioether (sulfide) groups is 1. The van der Waals surface area contributed by atoms with Gasteiger partial charge < -0.3 is 26.2 Å². The molecular formula is C20H24N4O5S. The second-order valence-electron chi connectivity index (χ2n) is 8.31. The number of nitrogens with one attached hydrogen (secondary N) is 1. The van der Waals surface area contributed by atoms with Crippen LogP contribution in [0.4, 0.5) is 0 Å². The lowest BCUT2D eigenvalue weighted by molar-refractivity contribution is -0.161. The summed E-state index contributed by atoms with van der Waals surface area (Å²) in [5.74, 6) is -1.91. The molecule has 1 aromatic carbocycles. The van der Waals surface area contributed by atoms with Crippen molar-refractivity contribution in [2.45, 2.75) is 61.0 Å². The van der Waals surface area contributed by atoms with E-state index in [1.54, 1.807) is 26.0 Å². The molecule has 2 fully saturated rings. The van der Waals surface area contributed by atoms with Crippen LogP contribution in [0.1, 0.15) is 49.9 Å². The molecule has 10 heteroatoms. The number of nitrogens with two attached hydrogens (primary N) is 1. The van der Waals surface area contributed by atoms with Gasteiger partial charge in [0.05, 0.1) is 6.04 Å². The number of aliphatic imine (C=N–C) groups is 1. The Morgan fingerprint density at radius 2 is 2.13 bits per heavy atom. The van der Waals surface area contributed by atoms with Crippen molar-refractivity contribution < 1.29 is 24.6 Å². The Labute approximate surface area is 177 Å². The molecule has 1 aromatic rings. The van der Waals surface area contributed by atoms with Crippen LogP contribution < -0.4 is 11.1 Å². The second-order valence-corrected chi connectivity index (χ2v) is 10.1. The van der Waals surface area contributed by atoms with Crippen molar-refractivity contribution in [3.05, 3.63) is 29.3 Å². The Bertz CT molecular complexity index is 949. The van der Waals surface area contributed by atoms with Crippen molar-refractivity contribution in [3.8, 4) is 5.75 Å². The fourth-order valence-corrected chi connectivity index (χ4v) is 5.94. The smallest absolute Gasteiger partial charge is 0.327 e. The van der Waals surface area contributed by atoms with Gasteiger partial charge in [-0.25, -0.2) is 4.79 Å². The third-order valence-electron chi connectivity index (χ3n) is 5.88. The number of β-lactam (4-membered cyclic amide) rings is 1. The van der Waals surface area contributed by atoms with Crippen molar-refractivity contribution in [3.63, 3.8) is 0 Å². The van der Waals surface area contributed by atoms with E-state index in [1.807, 2.05) is 6.21 Å². The summed E-state index contributed by atoms with van der Waals surface area (Å²) in [6.45, 7) is 3.55. The molecule has 5 atom stereocenters. The number of carbonyl (C=O) groups is 3. The number of amides is 2. The number of rotatable bonds is 5. The maximum absolute atomic E-state index is 12.8. The van der Waals surface area contributed by atoms with E-state index in [1.165, 1.54) is 22.7 Å². The molecule has 0 aliphatic carbocycles. The number of phenolic OH excluding ortho intramolecular Hbond substituents is 1. The van der Waals surface area contributed by atoms with Gasteiger partial charge >= 0.3 is 5.97 Å². The van der Waals surface area contributed by atoms with E-state index >= 15 is 0 Å². The molecule has 0 bridgehead atoms. The number of carboxylic acid groups (broad SMARTS) is 1. The molecule has 0 saturated carbocycles. The highest BCUT2D eigenvalue weighted by Crippen LogP contribution is 2.50. The van der Waals surface area contributed by atoms with Gasteiger partial charge in [-0.3, -0.25) is 14.6 Å². The van der Waals surface area contributed by atoms with Crippen molar-refractivity contribution >= 4 is 35.8 Å². The molecule has 160 valence electrons. The van der Waals surface area contributed by atoms with Crippen LogP contribution in [-0.2, 0) is 14.4 Å². The fraction of sp³-hybridized carbons (Fsp3) is 0.500. The topological polar surface area (TPSA) is 145 Å². The summed E-state index contributed by atoms with van der Waals surface area (Å²) in [6, 6.07) is 1.80. The van der Waals surface area contributed by atoms with Gasteiger partial charge in [0, 0.05) is 10.3 Å². The van der Waals surface area contributed by atoms with Crippen molar-refractivity contribution in [1.29, 1.82) is 0 Å². The first kappa shape index (κ1) is 20.7. The average Bonchev–Trinajstić information content (AvgIpc) is 3.30. The van der Waals surface area contributed by atoms with E-state index in [2.05, 4.69) is 10.3 Å². The number of carbonyl (C=O) groups excluding carboxylic acids is 2. The molecule has 0 spiro atoms. The maximum atomic E-state index is 12.8. The van der Waals surface area contributed by atoms with Crippen molar-refractivity contribution in [2.75, 3.05) is 0 Å². The summed E-state index contributed by atoms with van der Waals surface area (Å²) in [7, 11) is 0. The minimum Gasteiger partial charge on any atom is -0.508 e. The van der Waals surface area contributed by atoms with Gasteiger partial charge in [0.2, 0.25) is 11.8 Å². The predicted molar refractivity (Wildman–Crippen MR) is 111 cm³/mol. The van der Waals surface area contributed by atoms with Crippen molar-refractivity contribution in [2.24, 2.45) is 10.7 Å². The SMILES string of the molecule is CC1(C)S[C@@H]2[C@H](NC(=O)[C@H](N)c3ccc(O)c(C4CCC=N4)c3)C(=O)N2C1C(=O)O. The number of fused-ring (bicyclic) bond motifs is 1. The minimum absolute atomic E-state index is 0.101. The first-order valence-electron chi connectivity index (χ1n) is 9.75. The number of hydrogen-bond acceptors (Lipinski definition) is 7. The van der Waals surface area contributed by atoms with E-state index in [0.717, 1.165) is 12.8 Å². The van der Waals surface area contributed by atoms with Crippen LogP contribution in [0.2, 0.25) is 0 Å². The summed E-state index contributed by atoms with van der Waals surface area (Å²) in [6.07, 6.45) is 3.42. The number of aliphatic carboxylic acids is 1. The van der Waals surface area contributed by atoms with Crippen LogP contribution in [0.3, 0.4) is 0 Å². The van der Waals surface area contributed by atoms with Crippen LogP contribution >= 0.6 is 11.8 Å². The number of aromatic hydroxyl groups is 1. The van der Waals surface area contributed by atoms with E-state index in [9.17, 15) is 24.6 Å². The standard InChI is InChI=1S/C20H24N4O5S/c1-20(2)15(19(28)29)24-17(27)14(18(24)30-20)23-16(26)13(21)9-5-6-12(25)10(8-9)11-4-3-7-22-11/h5-8,11,13-15,18,25H,3-4,21H2,1-2H3,(H,23,26)(H,28,29)/t11?,13-,14-,15?,18-/m1/s1. The first-order valence-corrected chi connectivity index (χ1v) is 10.6. The monoisotopic (exact) mass is 432 g/mol. The lowest BCUT2D eigenvalue weighted by Gasteiger charge is -2.43. The van der Waals surface area contributed by atoms with Gasteiger partial charge in [0.25, 0.3) is 0 Å². The summed E-state index contributed by atoms with van der Waals surface area (Å²) in [4.78, 5) is 42.6. The Hall–Kier alpha value is -2.59. The minimum atomic E-state index is -1.06. The number of carboxylic acids is 1. The highest BCUT2D eigenvalue weighted by molar-refractivity contribution is 8.01. The van der Waals surface area contributed by atoms with Gasteiger partial charge in [-0.15, -0.1) is 11.8 Å². The van der Waals surface area contributed by atoms with Crippen LogP contribution in [0.5, 0.6) is 5.75 Å². The van der Waals surface area contributed by atoms with Gasteiger partial charge in [-0.05, 0) is 50.6 Å². The Morgan fingerprint density at radius 1 is 1.40 bits per heavy atom. The second kappa shape index (κ2) is 7.28. The van der Waals surface area contributed by atoms with Crippen molar-refractivity contribution in [1.82, 2.24) is 10.2 Å². The molecule has 9 nitrogen and oxygen atoms in total. The normalized spacial score (nSPS) is 30.0. The summed E-state index contributed by atoms with van der Waals surface area (Å²) in [5.41, 5.74) is 7.26. The summed E-state index contributed by atoms with van der Waals surface area (Å²) < 4.78 is -0.665. The third-order valence-corrected chi connectivity index (χ3v) is 7.45. The Balaban J connectivity index is 1.48. The number of hydrogen-bond donors (Lipinski definition) is 4. The molecular weight excluding hydrogens is 408 g/mol. The maximum Gasteiger partial charge on any atom is 0.327 e. The summed E-state index contributed by atoms with van der Waals surface area (Å²) >= 11 is 1.36. The first-order chi connectivity index (χ1) is 14.1. The molecule has 2 saturated heterocycles. The molecule has 0 radical (unpaired) electrons. The van der Waals surface area contributed by atoms with Crippen LogP contribution in [0, 0.1) is 0 Å². The average molecular weight is 433 g/mol. The van der Waals surface area contributed by atoms with Gasteiger partial charge in [0.15, 0.2) is 0 Å². The van der Waals surface area contributed by atoms with E-state index in [4.69, 9.17) is 5.73 Å². The molecule has 4 rings (SSSR count).